The third-order valence-corrected chi connectivity index (χ3v) is 2.72. The zero-order valence-electron chi connectivity index (χ0n) is 11.5. The topological polar surface area (TPSA) is 36.9 Å². The standard InChI is InChI=1S/C15H15FO4/c1-17-10-4-6-12(16)14(8-10)20-11-5-7-13(18-2)15(9-11)19-3/h4-9H,1-3H3. The molecule has 0 aliphatic carbocycles. The van der Waals surface area contributed by atoms with Gasteiger partial charge in [-0.25, -0.2) is 4.39 Å². The molecule has 5 heteroatoms. The van der Waals surface area contributed by atoms with E-state index < -0.39 is 5.82 Å². The van der Waals surface area contributed by atoms with Crippen molar-refractivity contribution in [3.8, 4) is 28.7 Å². The molecule has 0 spiro atoms. The van der Waals surface area contributed by atoms with Gasteiger partial charge in [0.15, 0.2) is 23.1 Å². The van der Waals surface area contributed by atoms with Crippen molar-refractivity contribution < 1.29 is 23.3 Å². The molecule has 2 rings (SSSR count). The van der Waals surface area contributed by atoms with Gasteiger partial charge in [0, 0.05) is 12.1 Å². The largest absolute Gasteiger partial charge is 0.497 e. The number of hydrogen-bond donors (Lipinski definition) is 0. The lowest BCUT2D eigenvalue weighted by Gasteiger charge is -2.11. The van der Waals surface area contributed by atoms with Crippen LogP contribution in [0.25, 0.3) is 0 Å². The van der Waals surface area contributed by atoms with Gasteiger partial charge in [-0.1, -0.05) is 0 Å². The van der Waals surface area contributed by atoms with Crippen LogP contribution in [0, 0.1) is 5.82 Å². The fourth-order valence-corrected chi connectivity index (χ4v) is 1.70. The summed E-state index contributed by atoms with van der Waals surface area (Å²) in [6.45, 7) is 0. The van der Waals surface area contributed by atoms with E-state index in [-0.39, 0.29) is 5.75 Å². The van der Waals surface area contributed by atoms with Crippen LogP contribution in [-0.4, -0.2) is 21.3 Å². The molecule has 0 amide bonds. The minimum Gasteiger partial charge on any atom is -0.497 e. The molecule has 0 radical (unpaired) electrons. The third kappa shape index (κ3) is 2.93. The third-order valence-electron chi connectivity index (χ3n) is 2.72. The second-order valence-corrected chi connectivity index (χ2v) is 3.92. The van der Waals surface area contributed by atoms with Crippen molar-refractivity contribution in [2.24, 2.45) is 0 Å². The van der Waals surface area contributed by atoms with Gasteiger partial charge < -0.3 is 18.9 Å². The molecule has 0 unspecified atom stereocenters. The number of ether oxygens (including phenoxy) is 4. The monoisotopic (exact) mass is 278 g/mol. The first kappa shape index (κ1) is 14.0. The Morgan fingerprint density at radius 2 is 1.35 bits per heavy atom. The van der Waals surface area contributed by atoms with E-state index >= 15 is 0 Å². The van der Waals surface area contributed by atoms with Crippen LogP contribution in [0.15, 0.2) is 36.4 Å². The molecule has 0 N–H and O–H groups in total. The van der Waals surface area contributed by atoms with Crippen molar-refractivity contribution in [1.29, 1.82) is 0 Å². The first-order valence-electron chi connectivity index (χ1n) is 5.91. The van der Waals surface area contributed by atoms with Crippen molar-refractivity contribution in [3.05, 3.63) is 42.2 Å². The minimum absolute atomic E-state index is 0.0802. The number of halogens is 1. The van der Waals surface area contributed by atoms with E-state index in [9.17, 15) is 4.39 Å². The molecule has 0 saturated heterocycles. The predicted octanol–water partition coefficient (Wildman–Crippen LogP) is 3.64. The summed E-state index contributed by atoms with van der Waals surface area (Å²) in [5.41, 5.74) is 0. The van der Waals surface area contributed by atoms with Gasteiger partial charge in [0.1, 0.15) is 11.5 Å². The smallest absolute Gasteiger partial charge is 0.166 e. The zero-order valence-corrected chi connectivity index (χ0v) is 11.5. The molecule has 0 heterocycles. The van der Waals surface area contributed by atoms with Gasteiger partial charge in [-0.3, -0.25) is 0 Å². The fraction of sp³-hybridized carbons (Fsp3) is 0.200. The van der Waals surface area contributed by atoms with Crippen LogP contribution in [-0.2, 0) is 0 Å². The Morgan fingerprint density at radius 1 is 0.700 bits per heavy atom. The maximum absolute atomic E-state index is 13.7. The summed E-state index contributed by atoms with van der Waals surface area (Å²) in [4.78, 5) is 0. The maximum atomic E-state index is 13.7. The number of methoxy groups -OCH3 is 3. The van der Waals surface area contributed by atoms with E-state index in [1.807, 2.05) is 0 Å². The van der Waals surface area contributed by atoms with E-state index in [4.69, 9.17) is 18.9 Å². The average molecular weight is 278 g/mol. The van der Waals surface area contributed by atoms with Crippen molar-refractivity contribution in [3.63, 3.8) is 0 Å². The van der Waals surface area contributed by atoms with Gasteiger partial charge in [-0.15, -0.1) is 0 Å². The minimum atomic E-state index is -0.472. The molecular weight excluding hydrogens is 263 g/mol. The molecule has 0 aromatic heterocycles. The molecule has 2 aromatic rings. The zero-order chi connectivity index (χ0) is 14.5. The van der Waals surface area contributed by atoms with E-state index in [1.54, 1.807) is 25.3 Å². The van der Waals surface area contributed by atoms with Crippen molar-refractivity contribution >= 4 is 0 Å². The van der Waals surface area contributed by atoms with E-state index in [0.717, 1.165) is 0 Å². The first-order chi connectivity index (χ1) is 9.67. The Balaban J connectivity index is 2.30. The summed E-state index contributed by atoms with van der Waals surface area (Å²) in [5.74, 6) is 1.65. The van der Waals surface area contributed by atoms with Crippen LogP contribution < -0.4 is 18.9 Å². The van der Waals surface area contributed by atoms with Crippen molar-refractivity contribution in [2.45, 2.75) is 0 Å². The normalized spacial score (nSPS) is 10.0. The van der Waals surface area contributed by atoms with Gasteiger partial charge in [0.25, 0.3) is 0 Å². The van der Waals surface area contributed by atoms with Crippen LogP contribution >= 0.6 is 0 Å². The maximum Gasteiger partial charge on any atom is 0.166 e. The highest BCUT2D eigenvalue weighted by Crippen LogP contribution is 2.34. The molecule has 0 bridgehead atoms. The highest BCUT2D eigenvalue weighted by atomic mass is 19.1. The lowest BCUT2D eigenvalue weighted by molar-refractivity contribution is 0.351. The molecule has 0 aliphatic heterocycles. The van der Waals surface area contributed by atoms with Gasteiger partial charge in [-0.2, -0.15) is 0 Å². The lowest BCUT2D eigenvalue weighted by Crippen LogP contribution is -1.93. The Morgan fingerprint density at radius 3 is 2.00 bits per heavy atom. The van der Waals surface area contributed by atoms with Crippen LogP contribution in [0.3, 0.4) is 0 Å². The van der Waals surface area contributed by atoms with E-state index in [0.29, 0.717) is 23.0 Å². The molecule has 106 valence electrons. The van der Waals surface area contributed by atoms with Gasteiger partial charge in [0.05, 0.1) is 21.3 Å². The number of hydrogen-bond acceptors (Lipinski definition) is 4. The molecule has 0 aliphatic rings. The second-order valence-electron chi connectivity index (χ2n) is 3.92. The highest BCUT2D eigenvalue weighted by Gasteiger charge is 2.10. The van der Waals surface area contributed by atoms with E-state index in [1.165, 1.54) is 32.4 Å². The fourth-order valence-electron chi connectivity index (χ4n) is 1.70. The quantitative estimate of drug-likeness (QED) is 0.836. The lowest BCUT2D eigenvalue weighted by atomic mass is 10.3. The summed E-state index contributed by atoms with van der Waals surface area (Å²) in [6, 6.07) is 9.27. The molecule has 20 heavy (non-hydrogen) atoms. The number of rotatable bonds is 5. The Kier molecular flexibility index (Phi) is 4.30. The summed E-state index contributed by atoms with van der Waals surface area (Å²) >= 11 is 0. The summed E-state index contributed by atoms with van der Waals surface area (Å²) in [7, 11) is 4.57. The van der Waals surface area contributed by atoms with Crippen LogP contribution in [0.5, 0.6) is 28.7 Å². The molecule has 0 saturated carbocycles. The van der Waals surface area contributed by atoms with Crippen molar-refractivity contribution in [2.75, 3.05) is 21.3 Å². The summed E-state index contributed by atoms with van der Waals surface area (Å²) in [6.07, 6.45) is 0. The van der Waals surface area contributed by atoms with E-state index in [2.05, 4.69) is 0 Å². The Hall–Kier alpha value is -2.43. The van der Waals surface area contributed by atoms with Gasteiger partial charge in [-0.05, 0) is 24.3 Å². The molecular formula is C15H15FO4. The Bertz CT molecular complexity index is 598. The molecule has 4 nitrogen and oxygen atoms in total. The SMILES string of the molecule is COc1ccc(F)c(Oc2ccc(OC)c(OC)c2)c1. The van der Waals surface area contributed by atoms with Gasteiger partial charge in [0.2, 0.25) is 0 Å². The van der Waals surface area contributed by atoms with Crippen LogP contribution in [0.1, 0.15) is 0 Å². The Labute approximate surface area is 116 Å². The second kappa shape index (κ2) is 6.14. The summed E-state index contributed by atoms with van der Waals surface area (Å²) in [5, 5.41) is 0. The molecule has 0 atom stereocenters. The van der Waals surface area contributed by atoms with Crippen molar-refractivity contribution in [1.82, 2.24) is 0 Å². The predicted molar refractivity (Wildman–Crippen MR) is 72.6 cm³/mol. The molecule has 0 fully saturated rings. The summed E-state index contributed by atoms with van der Waals surface area (Å²) < 4.78 is 34.5. The average Bonchev–Trinajstić information content (AvgIpc) is 2.49. The van der Waals surface area contributed by atoms with Gasteiger partial charge >= 0.3 is 0 Å². The first-order valence-corrected chi connectivity index (χ1v) is 5.91. The number of benzene rings is 2. The van der Waals surface area contributed by atoms with Crippen LogP contribution in [0.2, 0.25) is 0 Å². The highest BCUT2D eigenvalue weighted by molar-refractivity contribution is 5.47. The molecule has 2 aromatic carbocycles. The van der Waals surface area contributed by atoms with Crippen LogP contribution in [0.4, 0.5) is 4.39 Å².